The fourth-order valence-electron chi connectivity index (χ4n) is 3.66. The summed E-state index contributed by atoms with van der Waals surface area (Å²) < 4.78 is 12.0. The number of rotatable bonds is 6. The van der Waals surface area contributed by atoms with Gasteiger partial charge in [-0.3, -0.25) is 0 Å². The summed E-state index contributed by atoms with van der Waals surface area (Å²) in [5.74, 6) is -0.711. The van der Waals surface area contributed by atoms with E-state index in [-0.39, 0.29) is 11.5 Å². The molecule has 0 spiro atoms. The second-order valence-electron chi connectivity index (χ2n) is 7.80. The summed E-state index contributed by atoms with van der Waals surface area (Å²) in [6, 6.07) is 32.4. The summed E-state index contributed by atoms with van der Waals surface area (Å²) in [6.45, 7) is 3.86. The van der Waals surface area contributed by atoms with Crippen LogP contribution in [-0.4, -0.2) is 11.9 Å². The van der Waals surface area contributed by atoms with E-state index in [0.29, 0.717) is 22.3 Å². The zero-order valence-electron chi connectivity index (χ0n) is 19.0. The van der Waals surface area contributed by atoms with Crippen molar-refractivity contribution in [1.29, 1.82) is 0 Å². The molecule has 4 heteroatoms. The van der Waals surface area contributed by atoms with Crippen molar-refractivity contribution in [3.63, 3.8) is 0 Å². The largest absolute Gasteiger partial charge is 0.418 e. The van der Waals surface area contributed by atoms with Crippen molar-refractivity contribution >= 4 is 23.5 Å². The first-order valence-corrected chi connectivity index (χ1v) is 11.0. The van der Waals surface area contributed by atoms with E-state index < -0.39 is 11.9 Å². The summed E-state index contributed by atoms with van der Waals surface area (Å²) in [4.78, 5) is 26.2. The van der Waals surface area contributed by atoms with Crippen LogP contribution in [0.1, 0.15) is 43.0 Å². The predicted octanol–water partition coefficient (Wildman–Crippen LogP) is 6.84. The maximum atomic E-state index is 13.1. The number of ether oxygens (including phenoxy) is 2. The van der Waals surface area contributed by atoms with Crippen LogP contribution in [0.15, 0.2) is 109 Å². The Hall–Kier alpha value is -4.44. The number of benzene rings is 4. The molecule has 0 aliphatic heterocycles. The van der Waals surface area contributed by atoms with E-state index in [1.807, 2.05) is 74.5 Å². The van der Waals surface area contributed by atoms with E-state index in [4.69, 9.17) is 9.47 Å². The monoisotopic (exact) mass is 448 g/mol. The quantitative estimate of drug-likeness (QED) is 0.184. The predicted molar refractivity (Wildman–Crippen MR) is 133 cm³/mol. The zero-order valence-corrected chi connectivity index (χ0v) is 19.0. The van der Waals surface area contributed by atoms with Gasteiger partial charge in [-0.05, 0) is 49.2 Å². The maximum Gasteiger partial charge on any atom is 0.343 e. The van der Waals surface area contributed by atoms with Crippen molar-refractivity contribution in [2.45, 2.75) is 13.8 Å². The lowest BCUT2D eigenvalue weighted by atomic mass is 9.98. The highest BCUT2D eigenvalue weighted by Gasteiger charge is 2.24. The molecule has 4 aromatic rings. The molecule has 0 fully saturated rings. The van der Waals surface area contributed by atoms with Crippen LogP contribution in [0, 0.1) is 13.8 Å². The molecule has 168 valence electrons. The fraction of sp³-hybridized carbons (Fsp3) is 0.0667. The summed E-state index contributed by atoms with van der Waals surface area (Å²) in [5.41, 5.74) is 3.89. The highest BCUT2D eigenvalue weighted by Crippen LogP contribution is 2.34. The normalized spacial score (nSPS) is 11.4. The van der Waals surface area contributed by atoms with E-state index in [9.17, 15) is 9.59 Å². The van der Waals surface area contributed by atoms with Gasteiger partial charge in [0.15, 0.2) is 11.5 Å². The molecular formula is C30H24O4. The molecule has 0 aliphatic rings. The molecule has 0 saturated carbocycles. The Morgan fingerprint density at radius 1 is 0.471 bits per heavy atom. The van der Waals surface area contributed by atoms with Gasteiger partial charge in [-0.1, -0.05) is 84.9 Å². The number of esters is 2. The van der Waals surface area contributed by atoms with E-state index in [2.05, 4.69) is 0 Å². The molecule has 0 N–H and O–H groups in total. The smallest absolute Gasteiger partial charge is 0.343 e. The minimum Gasteiger partial charge on any atom is -0.418 e. The molecule has 4 aromatic carbocycles. The minimum atomic E-state index is -0.543. The second-order valence-corrected chi connectivity index (χ2v) is 7.80. The second kappa shape index (κ2) is 10.5. The third kappa shape index (κ3) is 5.13. The Bertz CT molecular complexity index is 1300. The van der Waals surface area contributed by atoms with Crippen LogP contribution in [0.4, 0.5) is 0 Å². The van der Waals surface area contributed by atoms with Crippen LogP contribution >= 0.6 is 0 Å². The van der Waals surface area contributed by atoms with Gasteiger partial charge in [0.2, 0.25) is 0 Å². The van der Waals surface area contributed by atoms with Crippen molar-refractivity contribution in [1.82, 2.24) is 0 Å². The molecule has 4 nitrogen and oxygen atoms in total. The van der Waals surface area contributed by atoms with Crippen LogP contribution in [0.2, 0.25) is 0 Å². The lowest BCUT2D eigenvalue weighted by molar-refractivity contribution is 0.0646. The molecule has 0 heterocycles. The van der Waals surface area contributed by atoms with Gasteiger partial charge in [0.1, 0.15) is 0 Å². The van der Waals surface area contributed by atoms with Gasteiger partial charge in [-0.15, -0.1) is 0 Å². The van der Waals surface area contributed by atoms with E-state index in [1.165, 1.54) is 0 Å². The zero-order chi connectivity index (χ0) is 23.9. The molecular weight excluding hydrogens is 424 g/mol. The number of carbonyl (C=O) groups excluding carboxylic acids is 2. The summed E-state index contributed by atoms with van der Waals surface area (Å²) >= 11 is 0. The SMILES string of the molecule is Cc1cccc(C)c1/C(OC(=O)c1ccccc1)=C(\OC(=O)c1ccccc1)c1ccccc1. The molecule has 4 rings (SSSR count). The Kier molecular flexibility index (Phi) is 6.99. The molecule has 0 bridgehead atoms. The van der Waals surface area contributed by atoms with Gasteiger partial charge in [-0.2, -0.15) is 0 Å². The fourth-order valence-corrected chi connectivity index (χ4v) is 3.66. The summed E-state index contributed by atoms with van der Waals surface area (Å²) in [7, 11) is 0. The summed E-state index contributed by atoms with van der Waals surface area (Å²) in [5, 5.41) is 0. The van der Waals surface area contributed by atoms with Crippen molar-refractivity contribution in [3.05, 3.63) is 143 Å². The summed E-state index contributed by atoms with van der Waals surface area (Å²) in [6.07, 6.45) is 0. The maximum absolute atomic E-state index is 13.1. The third-order valence-corrected chi connectivity index (χ3v) is 5.36. The first-order valence-electron chi connectivity index (χ1n) is 11.0. The number of aryl methyl sites for hydroxylation is 2. The molecule has 0 aromatic heterocycles. The van der Waals surface area contributed by atoms with Gasteiger partial charge in [-0.25, -0.2) is 9.59 Å². The van der Waals surface area contributed by atoms with Crippen LogP contribution in [0.5, 0.6) is 0 Å². The number of hydrogen-bond donors (Lipinski definition) is 0. The third-order valence-electron chi connectivity index (χ3n) is 5.36. The lowest BCUT2D eigenvalue weighted by Gasteiger charge is -2.19. The van der Waals surface area contributed by atoms with E-state index >= 15 is 0 Å². The lowest BCUT2D eigenvalue weighted by Crippen LogP contribution is -2.12. The molecule has 0 atom stereocenters. The van der Waals surface area contributed by atoms with Gasteiger partial charge in [0.25, 0.3) is 0 Å². The first-order chi connectivity index (χ1) is 16.5. The number of carbonyl (C=O) groups is 2. The van der Waals surface area contributed by atoms with E-state index in [0.717, 1.165) is 11.1 Å². The standard InChI is InChI=1S/C30H24O4/c1-21-13-12-14-22(2)26(21)28(34-30(32)25-19-10-5-11-20-25)27(23-15-6-3-7-16-23)33-29(31)24-17-8-4-9-18-24/h3-20H,1-2H3/b28-27+. The topological polar surface area (TPSA) is 52.6 Å². The van der Waals surface area contributed by atoms with Crippen molar-refractivity contribution in [2.75, 3.05) is 0 Å². The van der Waals surface area contributed by atoms with E-state index in [1.54, 1.807) is 48.5 Å². The average Bonchev–Trinajstić information content (AvgIpc) is 2.88. The van der Waals surface area contributed by atoms with Crippen molar-refractivity contribution in [2.24, 2.45) is 0 Å². The molecule has 0 aliphatic carbocycles. The Balaban J connectivity index is 1.91. The highest BCUT2D eigenvalue weighted by molar-refractivity contribution is 6.01. The Morgan fingerprint density at radius 2 is 0.853 bits per heavy atom. The number of hydrogen-bond acceptors (Lipinski definition) is 4. The Morgan fingerprint density at radius 3 is 1.29 bits per heavy atom. The van der Waals surface area contributed by atoms with Crippen LogP contribution in [0.3, 0.4) is 0 Å². The van der Waals surface area contributed by atoms with Crippen LogP contribution < -0.4 is 0 Å². The van der Waals surface area contributed by atoms with Crippen LogP contribution in [-0.2, 0) is 9.47 Å². The van der Waals surface area contributed by atoms with Gasteiger partial charge in [0.05, 0.1) is 11.1 Å². The molecule has 0 saturated heterocycles. The minimum absolute atomic E-state index is 0.177. The van der Waals surface area contributed by atoms with Crippen molar-refractivity contribution < 1.29 is 19.1 Å². The molecule has 34 heavy (non-hydrogen) atoms. The molecule has 0 unspecified atom stereocenters. The van der Waals surface area contributed by atoms with Crippen molar-refractivity contribution in [3.8, 4) is 0 Å². The van der Waals surface area contributed by atoms with Gasteiger partial charge < -0.3 is 9.47 Å². The molecule has 0 amide bonds. The first kappa shape index (κ1) is 22.7. The van der Waals surface area contributed by atoms with Crippen LogP contribution in [0.25, 0.3) is 11.5 Å². The average molecular weight is 449 g/mol. The van der Waals surface area contributed by atoms with Gasteiger partial charge in [0, 0.05) is 11.1 Å². The molecule has 0 radical (unpaired) electrons. The highest BCUT2D eigenvalue weighted by atomic mass is 16.6. The van der Waals surface area contributed by atoms with Gasteiger partial charge >= 0.3 is 11.9 Å². The Labute approximate surface area is 199 Å².